The van der Waals surface area contributed by atoms with Crippen molar-refractivity contribution in [3.05, 3.63) is 88.9 Å². The molecule has 31 heavy (non-hydrogen) atoms. The fourth-order valence-corrected chi connectivity index (χ4v) is 3.15. The molecule has 0 radical (unpaired) electrons. The molecule has 5 nitrogen and oxygen atoms in total. The van der Waals surface area contributed by atoms with Gasteiger partial charge in [0.15, 0.2) is 6.10 Å². The van der Waals surface area contributed by atoms with Crippen molar-refractivity contribution < 1.29 is 14.3 Å². The Labute approximate surface area is 187 Å². The lowest BCUT2D eigenvalue weighted by molar-refractivity contribution is -0.122. The van der Waals surface area contributed by atoms with Crippen molar-refractivity contribution in [2.24, 2.45) is 0 Å². The Balaban J connectivity index is 1.60. The zero-order valence-electron chi connectivity index (χ0n) is 17.7. The van der Waals surface area contributed by atoms with Crippen molar-refractivity contribution in [2.75, 3.05) is 10.6 Å². The first-order valence-electron chi connectivity index (χ1n) is 10.1. The van der Waals surface area contributed by atoms with E-state index in [1.54, 1.807) is 55.5 Å². The number of rotatable bonds is 7. The molecule has 6 heteroatoms. The van der Waals surface area contributed by atoms with Crippen LogP contribution in [0, 0.1) is 0 Å². The number of hydrogen-bond acceptors (Lipinski definition) is 3. The Bertz CT molecular complexity index is 1050. The highest BCUT2D eigenvalue weighted by Gasteiger charge is 2.16. The Morgan fingerprint density at radius 2 is 1.48 bits per heavy atom. The van der Waals surface area contributed by atoms with E-state index in [1.165, 1.54) is 0 Å². The second kappa shape index (κ2) is 10.1. The van der Waals surface area contributed by atoms with Crippen LogP contribution < -0.4 is 15.4 Å². The minimum Gasteiger partial charge on any atom is -0.481 e. The van der Waals surface area contributed by atoms with Gasteiger partial charge in [-0.25, -0.2) is 0 Å². The molecule has 0 spiro atoms. The molecule has 3 aromatic rings. The molecule has 0 fully saturated rings. The lowest BCUT2D eigenvalue weighted by atomic mass is 10.0. The molecule has 0 aromatic heterocycles. The molecular weight excluding hydrogens is 412 g/mol. The second-order valence-electron chi connectivity index (χ2n) is 7.48. The van der Waals surface area contributed by atoms with Gasteiger partial charge in [-0.15, -0.1) is 0 Å². The summed E-state index contributed by atoms with van der Waals surface area (Å²) >= 11 is 5.85. The predicted molar refractivity (Wildman–Crippen MR) is 125 cm³/mol. The average Bonchev–Trinajstić information content (AvgIpc) is 2.76. The van der Waals surface area contributed by atoms with E-state index in [4.69, 9.17) is 16.3 Å². The number of hydrogen-bond donors (Lipinski definition) is 2. The van der Waals surface area contributed by atoms with E-state index in [0.717, 1.165) is 11.3 Å². The number of carbonyl (C=O) groups is 2. The standard InChI is InChI=1S/C25H25ClN2O3/c1-16(2)22-6-4-5-7-23(22)28-25(30)18-8-14-21(15-9-18)31-17(3)24(29)27-20-12-10-19(26)11-13-20/h4-17H,1-3H3,(H,27,29)(H,28,30). The van der Waals surface area contributed by atoms with Crippen LogP contribution in [-0.2, 0) is 4.79 Å². The SMILES string of the molecule is CC(Oc1ccc(C(=O)Nc2ccccc2C(C)C)cc1)C(=O)Nc1ccc(Cl)cc1. The topological polar surface area (TPSA) is 67.4 Å². The van der Waals surface area contributed by atoms with E-state index in [9.17, 15) is 9.59 Å². The van der Waals surface area contributed by atoms with E-state index in [0.29, 0.717) is 27.9 Å². The third-order valence-electron chi connectivity index (χ3n) is 4.74. The summed E-state index contributed by atoms with van der Waals surface area (Å²) in [6.07, 6.45) is -0.715. The van der Waals surface area contributed by atoms with Crippen LogP contribution in [0.25, 0.3) is 0 Å². The fraction of sp³-hybridized carbons (Fsp3) is 0.200. The van der Waals surface area contributed by atoms with Gasteiger partial charge < -0.3 is 15.4 Å². The second-order valence-corrected chi connectivity index (χ2v) is 7.91. The van der Waals surface area contributed by atoms with Crippen LogP contribution in [0.3, 0.4) is 0 Å². The maximum atomic E-state index is 12.6. The van der Waals surface area contributed by atoms with Crippen LogP contribution in [0.1, 0.15) is 42.6 Å². The molecule has 0 heterocycles. The Hall–Kier alpha value is -3.31. The van der Waals surface area contributed by atoms with Crippen LogP contribution in [0.5, 0.6) is 5.75 Å². The molecular formula is C25H25ClN2O3. The Morgan fingerprint density at radius 3 is 2.13 bits per heavy atom. The largest absolute Gasteiger partial charge is 0.481 e. The van der Waals surface area contributed by atoms with Crippen LogP contribution in [0.15, 0.2) is 72.8 Å². The number of nitrogens with one attached hydrogen (secondary N) is 2. The van der Waals surface area contributed by atoms with E-state index in [-0.39, 0.29) is 11.8 Å². The van der Waals surface area contributed by atoms with Crippen molar-refractivity contribution in [3.63, 3.8) is 0 Å². The van der Waals surface area contributed by atoms with Crippen molar-refractivity contribution >= 4 is 34.8 Å². The zero-order chi connectivity index (χ0) is 22.4. The first kappa shape index (κ1) is 22.4. The molecule has 0 bridgehead atoms. The lowest BCUT2D eigenvalue weighted by Gasteiger charge is -2.16. The molecule has 3 rings (SSSR count). The van der Waals surface area contributed by atoms with Gasteiger partial charge in [0.25, 0.3) is 11.8 Å². The Morgan fingerprint density at radius 1 is 0.839 bits per heavy atom. The average molecular weight is 437 g/mol. The highest BCUT2D eigenvalue weighted by Crippen LogP contribution is 2.24. The minimum atomic E-state index is -0.715. The van der Waals surface area contributed by atoms with Gasteiger partial charge in [-0.05, 0) is 73.0 Å². The van der Waals surface area contributed by atoms with Gasteiger partial charge in [0.1, 0.15) is 5.75 Å². The molecule has 0 saturated carbocycles. The zero-order valence-corrected chi connectivity index (χ0v) is 18.4. The third kappa shape index (κ3) is 6.09. The number of amides is 2. The van der Waals surface area contributed by atoms with Gasteiger partial charge in [0, 0.05) is 22.0 Å². The summed E-state index contributed by atoms with van der Waals surface area (Å²) in [5.41, 5.74) is 3.02. The Kier molecular flexibility index (Phi) is 7.32. The summed E-state index contributed by atoms with van der Waals surface area (Å²) in [5, 5.41) is 6.33. The van der Waals surface area contributed by atoms with Gasteiger partial charge in [-0.2, -0.15) is 0 Å². The van der Waals surface area contributed by atoms with E-state index in [1.807, 2.05) is 24.3 Å². The summed E-state index contributed by atoms with van der Waals surface area (Å²) in [4.78, 5) is 25.0. The van der Waals surface area contributed by atoms with Crippen molar-refractivity contribution in [1.29, 1.82) is 0 Å². The molecule has 0 aliphatic rings. The number of anilines is 2. The fourth-order valence-electron chi connectivity index (χ4n) is 3.03. The van der Waals surface area contributed by atoms with Crippen molar-refractivity contribution in [3.8, 4) is 5.75 Å². The van der Waals surface area contributed by atoms with Gasteiger partial charge >= 0.3 is 0 Å². The smallest absolute Gasteiger partial charge is 0.265 e. The summed E-state index contributed by atoms with van der Waals surface area (Å²) in [7, 11) is 0. The molecule has 2 N–H and O–H groups in total. The van der Waals surface area contributed by atoms with Gasteiger partial charge in [-0.1, -0.05) is 43.6 Å². The van der Waals surface area contributed by atoms with Crippen LogP contribution in [0.4, 0.5) is 11.4 Å². The van der Waals surface area contributed by atoms with Crippen molar-refractivity contribution in [1.82, 2.24) is 0 Å². The van der Waals surface area contributed by atoms with E-state index < -0.39 is 6.10 Å². The van der Waals surface area contributed by atoms with E-state index >= 15 is 0 Å². The third-order valence-corrected chi connectivity index (χ3v) is 4.99. The minimum absolute atomic E-state index is 0.201. The number of benzene rings is 3. The highest BCUT2D eigenvalue weighted by atomic mass is 35.5. The van der Waals surface area contributed by atoms with Gasteiger partial charge in [-0.3, -0.25) is 9.59 Å². The summed E-state index contributed by atoms with van der Waals surface area (Å²) < 4.78 is 5.71. The maximum Gasteiger partial charge on any atom is 0.265 e. The van der Waals surface area contributed by atoms with Crippen LogP contribution >= 0.6 is 11.6 Å². The highest BCUT2D eigenvalue weighted by molar-refractivity contribution is 6.30. The first-order valence-corrected chi connectivity index (χ1v) is 10.4. The molecule has 160 valence electrons. The number of carbonyl (C=O) groups excluding carboxylic acids is 2. The molecule has 0 aliphatic carbocycles. The molecule has 3 aromatic carbocycles. The summed E-state index contributed by atoms with van der Waals surface area (Å²) in [6.45, 7) is 5.83. The summed E-state index contributed by atoms with van der Waals surface area (Å²) in [6, 6.07) is 21.3. The number of ether oxygens (including phenoxy) is 1. The van der Waals surface area contributed by atoms with Crippen LogP contribution in [-0.4, -0.2) is 17.9 Å². The summed E-state index contributed by atoms with van der Waals surface area (Å²) in [5.74, 6) is 0.313. The van der Waals surface area contributed by atoms with Gasteiger partial charge in [0.05, 0.1) is 0 Å². The quantitative estimate of drug-likeness (QED) is 0.468. The monoisotopic (exact) mass is 436 g/mol. The number of para-hydroxylation sites is 1. The molecule has 1 atom stereocenters. The molecule has 1 unspecified atom stereocenters. The first-order chi connectivity index (χ1) is 14.8. The predicted octanol–water partition coefficient (Wildman–Crippen LogP) is 6.12. The normalized spacial score (nSPS) is 11.6. The lowest BCUT2D eigenvalue weighted by Crippen LogP contribution is -2.30. The molecule has 2 amide bonds. The van der Waals surface area contributed by atoms with Crippen LogP contribution in [0.2, 0.25) is 5.02 Å². The van der Waals surface area contributed by atoms with Gasteiger partial charge in [0.2, 0.25) is 0 Å². The molecule has 0 aliphatic heterocycles. The van der Waals surface area contributed by atoms with E-state index in [2.05, 4.69) is 24.5 Å². The van der Waals surface area contributed by atoms with Crippen molar-refractivity contribution in [2.45, 2.75) is 32.8 Å². The number of halogens is 1. The molecule has 0 saturated heterocycles. The maximum absolute atomic E-state index is 12.6.